The number of benzene rings is 2. The number of hydrogen-bond donors (Lipinski definition) is 1. The van der Waals surface area contributed by atoms with Gasteiger partial charge < -0.3 is 5.32 Å². The Balaban J connectivity index is 2.01. The summed E-state index contributed by atoms with van der Waals surface area (Å²) in [5.74, 6) is -0.362. The zero-order valence-electron chi connectivity index (χ0n) is 11.0. The maximum absolute atomic E-state index is 14.4. The van der Waals surface area contributed by atoms with Gasteiger partial charge in [0, 0.05) is 21.2 Å². The van der Waals surface area contributed by atoms with E-state index in [2.05, 4.69) is 43.8 Å². The average molecular weight is 460 g/mol. The molecule has 0 bridgehead atoms. The number of anilines is 1. The number of rotatable bonds is 2. The van der Waals surface area contributed by atoms with Gasteiger partial charge in [0.2, 0.25) is 5.91 Å². The predicted octanol–water partition coefficient (Wildman–Crippen LogP) is 4.80. The second-order valence-corrected chi connectivity index (χ2v) is 7.16. The van der Waals surface area contributed by atoms with Crippen LogP contribution in [0.1, 0.15) is 27.9 Å². The SMILES string of the molecule is O=C1CCc2cc(C(Br)c3cccc(I)c3)c(F)cc2N1. The smallest absolute Gasteiger partial charge is 0.224 e. The number of aryl methyl sites for hydroxylation is 1. The van der Waals surface area contributed by atoms with Gasteiger partial charge in [-0.25, -0.2) is 4.39 Å². The van der Waals surface area contributed by atoms with Crippen molar-refractivity contribution in [1.82, 2.24) is 0 Å². The standard InChI is InChI=1S/C16H12BrFINO/c17-16(10-2-1-3-11(19)6-10)12-7-9-4-5-15(21)20-14(9)8-13(12)18/h1-3,6-8,16H,4-5H2,(H,20,21). The van der Waals surface area contributed by atoms with Crippen molar-refractivity contribution >= 4 is 50.1 Å². The summed E-state index contributed by atoms with van der Waals surface area (Å²) in [6.45, 7) is 0. The Morgan fingerprint density at radius 1 is 1.24 bits per heavy atom. The molecule has 0 saturated heterocycles. The first-order valence-corrected chi connectivity index (χ1v) is 8.56. The second kappa shape index (κ2) is 6.04. The fourth-order valence-corrected chi connectivity index (χ4v) is 3.66. The molecule has 1 heterocycles. The van der Waals surface area contributed by atoms with Gasteiger partial charge in [-0.1, -0.05) is 28.1 Å². The van der Waals surface area contributed by atoms with Crippen molar-refractivity contribution in [3.8, 4) is 0 Å². The van der Waals surface area contributed by atoms with E-state index in [4.69, 9.17) is 0 Å². The monoisotopic (exact) mass is 459 g/mol. The van der Waals surface area contributed by atoms with Crippen LogP contribution < -0.4 is 5.32 Å². The molecule has 2 nitrogen and oxygen atoms in total. The van der Waals surface area contributed by atoms with Crippen molar-refractivity contribution in [3.05, 3.63) is 62.5 Å². The van der Waals surface area contributed by atoms with Gasteiger partial charge in [0.15, 0.2) is 0 Å². The molecule has 2 aromatic carbocycles. The van der Waals surface area contributed by atoms with Crippen LogP contribution in [-0.4, -0.2) is 5.91 Å². The summed E-state index contributed by atoms with van der Waals surface area (Å²) in [7, 11) is 0. The van der Waals surface area contributed by atoms with Crippen molar-refractivity contribution in [2.75, 3.05) is 5.32 Å². The largest absolute Gasteiger partial charge is 0.326 e. The minimum atomic E-state index is -0.309. The minimum Gasteiger partial charge on any atom is -0.326 e. The molecule has 1 aliphatic rings. The Labute approximate surface area is 144 Å². The van der Waals surface area contributed by atoms with Crippen LogP contribution >= 0.6 is 38.5 Å². The van der Waals surface area contributed by atoms with Crippen LogP contribution in [0.4, 0.5) is 10.1 Å². The molecule has 0 fully saturated rings. The molecular formula is C16H12BrFINO. The number of hydrogen-bond acceptors (Lipinski definition) is 1. The fraction of sp³-hybridized carbons (Fsp3) is 0.188. The summed E-state index contributed by atoms with van der Waals surface area (Å²) in [5.41, 5.74) is 3.20. The topological polar surface area (TPSA) is 29.1 Å². The molecule has 0 aromatic heterocycles. The number of amides is 1. The number of carbonyl (C=O) groups is 1. The molecule has 0 radical (unpaired) electrons. The summed E-state index contributed by atoms with van der Waals surface area (Å²) in [5, 5.41) is 2.72. The Bertz CT molecular complexity index is 719. The predicted molar refractivity (Wildman–Crippen MR) is 93.3 cm³/mol. The van der Waals surface area contributed by atoms with Gasteiger partial charge in [-0.05, 0) is 64.4 Å². The molecule has 108 valence electrons. The molecule has 1 aliphatic heterocycles. The van der Waals surface area contributed by atoms with Crippen molar-refractivity contribution < 1.29 is 9.18 Å². The lowest BCUT2D eigenvalue weighted by Crippen LogP contribution is -2.19. The van der Waals surface area contributed by atoms with Gasteiger partial charge in [0.05, 0.1) is 4.83 Å². The quantitative estimate of drug-likeness (QED) is 0.507. The molecule has 1 atom stereocenters. The van der Waals surface area contributed by atoms with Crippen LogP contribution in [0.15, 0.2) is 36.4 Å². The van der Waals surface area contributed by atoms with E-state index in [9.17, 15) is 9.18 Å². The van der Waals surface area contributed by atoms with E-state index in [1.807, 2.05) is 30.3 Å². The average Bonchev–Trinajstić information content (AvgIpc) is 2.45. The zero-order valence-corrected chi connectivity index (χ0v) is 14.7. The summed E-state index contributed by atoms with van der Waals surface area (Å²) in [6.07, 6.45) is 1.11. The lowest BCUT2D eigenvalue weighted by atomic mass is 9.96. The first-order valence-electron chi connectivity index (χ1n) is 6.56. The molecule has 1 N–H and O–H groups in total. The van der Waals surface area contributed by atoms with Crippen LogP contribution in [0.2, 0.25) is 0 Å². The van der Waals surface area contributed by atoms with Gasteiger partial charge in [-0.3, -0.25) is 4.79 Å². The highest BCUT2D eigenvalue weighted by molar-refractivity contribution is 14.1. The maximum atomic E-state index is 14.4. The highest BCUT2D eigenvalue weighted by Crippen LogP contribution is 2.36. The Hall–Kier alpha value is -0.950. The third-order valence-corrected chi connectivity index (χ3v) is 5.23. The molecule has 1 amide bonds. The van der Waals surface area contributed by atoms with Crippen molar-refractivity contribution in [3.63, 3.8) is 0 Å². The van der Waals surface area contributed by atoms with Crippen LogP contribution in [0.5, 0.6) is 0 Å². The molecule has 0 saturated carbocycles. The highest BCUT2D eigenvalue weighted by Gasteiger charge is 2.21. The molecule has 0 aliphatic carbocycles. The second-order valence-electron chi connectivity index (χ2n) is 5.00. The van der Waals surface area contributed by atoms with E-state index in [0.717, 1.165) is 14.7 Å². The minimum absolute atomic E-state index is 0.0531. The van der Waals surface area contributed by atoms with Crippen LogP contribution in [0, 0.1) is 9.39 Å². The Morgan fingerprint density at radius 3 is 2.81 bits per heavy atom. The van der Waals surface area contributed by atoms with Crippen molar-refractivity contribution in [2.45, 2.75) is 17.7 Å². The summed E-state index contributed by atoms with van der Waals surface area (Å²) in [4.78, 5) is 11.2. The van der Waals surface area contributed by atoms with E-state index in [1.165, 1.54) is 6.07 Å². The third kappa shape index (κ3) is 3.13. The number of nitrogens with one attached hydrogen (secondary N) is 1. The van der Waals surface area contributed by atoms with Crippen molar-refractivity contribution in [2.24, 2.45) is 0 Å². The summed E-state index contributed by atoms with van der Waals surface area (Å²) >= 11 is 5.83. The summed E-state index contributed by atoms with van der Waals surface area (Å²) < 4.78 is 15.5. The maximum Gasteiger partial charge on any atom is 0.224 e. The Morgan fingerprint density at radius 2 is 2.05 bits per heavy atom. The van der Waals surface area contributed by atoms with E-state index >= 15 is 0 Å². The Kier molecular flexibility index (Phi) is 4.31. The molecular weight excluding hydrogens is 448 g/mol. The molecule has 2 aromatic rings. The lowest BCUT2D eigenvalue weighted by molar-refractivity contribution is -0.116. The molecule has 1 unspecified atom stereocenters. The van der Waals surface area contributed by atoms with Gasteiger partial charge in [0.25, 0.3) is 0 Å². The van der Waals surface area contributed by atoms with Gasteiger partial charge >= 0.3 is 0 Å². The van der Waals surface area contributed by atoms with Crippen LogP contribution in [0.3, 0.4) is 0 Å². The fourth-order valence-electron chi connectivity index (χ4n) is 2.46. The number of carbonyl (C=O) groups excluding carboxylic acids is 1. The molecule has 21 heavy (non-hydrogen) atoms. The van der Waals surface area contributed by atoms with Gasteiger partial charge in [-0.2, -0.15) is 0 Å². The van der Waals surface area contributed by atoms with Gasteiger partial charge in [0.1, 0.15) is 5.82 Å². The normalized spacial score (nSPS) is 15.3. The zero-order chi connectivity index (χ0) is 15.0. The van der Waals surface area contributed by atoms with E-state index in [-0.39, 0.29) is 16.6 Å². The van der Waals surface area contributed by atoms with E-state index < -0.39 is 0 Å². The first-order chi connectivity index (χ1) is 10.0. The van der Waals surface area contributed by atoms with E-state index in [0.29, 0.717) is 24.1 Å². The highest BCUT2D eigenvalue weighted by atomic mass is 127. The number of alkyl halides is 1. The molecule has 0 spiro atoms. The third-order valence-electron chi connectivity index (χ3n) is 3.53. The molecule has 5 heteroatoms. The van der Waals surface area contributed by atoms with Crippen LogP contribution in [0.25, 0.3) is 0 Å². The molecule has 3 rings (SSSR count). The van der Waals surface area contributed by atoms with Crippen molar-refractivity contribution in [1.29, 1.82) is 0 Å². The summed E-state index contributed by atoms with van der Waals surface area (Å²) in [6, 6.07) is 11.2. The van der Waals surface area contributed by atoms with Crippen LogP contribution in [-0.2, 0) is 11.2 Å². The first kappa shape index (κ1) is 15.0. The lowest BCUT2D eigenvalue weighted by Gasteiger charge is -2.20. The number of fused-ring (bicyclic) bond motifs is 1. The number of halogens is 3. The van der Waals surface area contributed by atoms with E-state index in [1.54, 1.807) is 0 Å². The van der Waals surface area contributed by atoms with Gasteiger partial charge in [-0.15, -0.1) is 0 Å².